The van der Waals surface area contributed by atoms with E-state index >= 15 is 0 Å². The van der Waals surface area contributed by atoms with E-state index in [1.54, 1.807) is 13.8 Å². The first-order chi connectivity index (χ1) is 9.81. The molecule has 1 N–H and O–H groups in total. The van der Waals surface area contributed by atoms with Crippen LogP contribution in [0.4, 0.5) is 0 Å². The lowest BCUT2D eigenvalue weighted by Crippen LogP contribution is -2.22. The SMILES string of the molecule is Cc1nn(CCS(=O)(=O)C(C)C)c(C)c1CCNC1CC1. The van der Waals surface area contributed by atoms with Gasteiger partial charge in [-0.05, 0) is 59.1 Å². The van der Waals surface area contributed by atoms with Crippen LogP contribution in [0, 0.1) is 13.8 Å². The van der Waals surface area contributed by atoms with Crippen LogP contribution < -0.4 is 5.32 Å². The number of hydrogen-bond donors (Lipinski definition) is 1. The largest absolute Gasteiger partial charge is 0.314 e. The molecule has 2 rings (SSSR count). The first-order valence-electron chi connectivity index (χ1n) is 7.79. The number of hydrogen-bond acceptors (Lipinski definition) is 4. The summed E-state index contributed by atoms with van der Waals surface area (Å²) in [5.41, 5.74) is 3.38. The van der Waals surface area contributed by atoms with E-state index in [1.807, 2.05) is 18.5 Å². The lowest BCUT2D eigenvalue weighted by Gasteiger charge is -2.09. The van der Waals surface area contributed by atoms with Crippen molar-refractivity contribution in [1.29, 1.82) is 0 Å². The highest BCUT2D eigenvalue weighted by Gasteiger charge is 2.21. The number of rotatable bonds is 8. The molecule has 1 aromatic rings. The maximum atomic E-state index is 11.9. The second-order valence-corrected chi connectivity index (χ2v) is 8.94. The highest BCUT2D eigenvalue weighted by atomic mass is 32.2. The maximum Gasteiger partial charge on any atom is 0.154 e. The van der Waals surface area contributed by atoms with E-state index in [2.05, 4.69) is 10.4 Å². The molecule has 0 aliphatic heterocycles. The van der Waals surface area contributed by atoms with Crippen molar-refractivity contribution in [2.75, 3.05) is 12.3 Å². The third-order valence-electron chi connectivity index (χ3n) is 4.22. The van der Waals surface area contributed by atoms with Crippen molar-refractivity contribution >= 4 is 9.84 Å². The van der Waals surface area contributed by atoms with Crippen LogP contribution in [-0.2, 0) is 22.8 Å². The minimum absolute atomic E-state index is 0.159. The Hall–Kier alpha value is -0.880. The van der Waals surface area contributed by atoms with Gasteiger partial charge in [0.05, 0.1) is 23.2 Å². The van der Waals surface area contributed by atoms with Gasteiger partial charge in [0.15, 0.2) is 9.84 Å². The van der Waals surface area contributed by atoms with Gasteiger partial charge < -0.3 is 5.32 Å². The zero-order valence-corrected chi connectivity index (χ0v) is 14.3. The molecule has 0 bridgehead atoms. The summed E-state index contributed by atoms with van der Waals surface area (Å²) >= 11 is 0. The standard InChI is InChI=1S/C15H27N3O2S/c1-11(2)21(19,20)10-9-18-13(4)15(12(3)17-18)7-8-16-14-5-6-14/h11,14,16H,5-10H2,1-4H3. The van der Waals surface area contributed by atoms with Crippen LogP contribution in [0.25, 0.3) is 0 Å². The Bertz CT molecular complexity index is 586. The van der Waals surface area contributed by atoms with Gasteiger partial charge in [-0.25, -0.2) is 8.42 Å². The molecule has 120 valence electrons. The lowest BCUT2D eigenvalue weighted by molar-refractivity contribution is 0.568. The molecule has 0 spiro atoms. The van der Waals surface area contributed by atoms with Gasteiger partial charge in [0.25, 0.3) is 0 Å². The van der Waals surface area contributed by atoms with Gasteiger partial charge in [-0.3, -0.25) is 4.68 Å². The van der Waals surface area contributed by atoms with Crippen LogP contribution in [0.3, 0.4) is 0 Å². The van der Waals surface area contributed by atoms with E-state index in [0.29, 0.717) is 6.54 Å². The first-order valence-corrected chi connectivity index (χ1v) is 9.50. The summed E-state index contributed by atoms with van der Waals surface area (Å²) in [5.74, 6) is 0.159. The highest BCUT2D eigenvalue weighted by Crippen LogP contribution is 2.19. The molecule has 21 heavy (non-hydrogen) atoms. The molecule has 1 fully saturated rings. The number of aryl methyl sites for hydroxylation is 2. The zero-order valence-electron chi connectivity index (χ0n) is 13.5. The van der Waals surface area contributed by atoms with Crippen LogP contribution in [0.15, 0.2) is 0 Å². The van der Waals surface area contributed by atoms with Crippen molar-refractivity contribution in [2.45, 2.75) is 64.8 Å². The van der Waals surface area contributed by atoms with Gasteiger partial charge in [-0.15, -0.1) is 0 Å². The summed E-state index contributed by atoms with van der Waals surface area (Å²) in [5, 5.41) is 7.69. The molecular formula is C15H27N3O2S. The molecule has 1 saturated carbocycles. The van der Waals surface area contributed by atoms with E-state index in [0.717, 1.165) is 30.4 Å². The van der Waals surface area contributed by atoms with Gasteiger partial charge in [-0.2, -0.15) is 5.10 Å². The van der Waals surface area contributed by atoms with Crippen LogP contribution in [-0.4, -0.2) is 41.8 Å². The molecule has 0 saturated heterocycles. The Labute approximate surface area is 128 Å². The van der Waals surface area contributed by atoms with E-state index in [9.17, 15) is 8.42 Å². The van der Waals surface area contributed by atoms with Gasteiger partial charge >= 0.3 is 0 Å². The van der Waals surface area contributed by atoms with Crippen LogP contribution in [0.2, 0.25) is 0 Å². The molecule has 1 aromatic heterocycles. The first kappa shape index (κ1) is 16.5. The molecular weight excluding hydrogens is 286 g/mol. The van der Waals surface area contributed by atoms with Crippen molar-refractivity contribution in [1.82, 2.24) is 15.1 Å². The summed E-state index contributed by atoms with van der Waals surface area (Å²) in [6.45, 7) is 8.92. The molecule has 1 aliphatic carbocycles. The average Bonchev–Trinajstić information content (AvgIpc) is 3.18. The second kappa shape index (κ2) is 6.48. The molecule has 0 aromatic carbocycles. The average molecular weight is 313 g/mol. The Morgan fingerprint density at radius 1 is 1.33 bits per heavy atom. The van der Waals surface area contributed by atoms with Gasteiger partial charge in [0.1, 0.15) is 0 Å². The second-order valence-electron chi connectivity index (χ2n) is 6.27. The van der Waals surface area contributed by atoms with Crippen molar-refractivity contribution in [2.24, 2.45) is 0 Å². The van der Waals surface area contributed by atoms with E-state index in [4.69, 9.17) is 0 Å². The summed E-state index contributed by atoms with van der Waals surface area (Å²) in [4.78, 5) is 0. The normalized spacial score (nSPS) is 15.9. The Balaban J connectivity index is 1.97. The van der Waals surface area contributed by atoms with Crippen LogP contribution in [0.5, 0.6) is 0 Å². The highest BCUT2D eigenvalue weighted by molar-refractivity contribution is 7.91. The third kappa shape index (κ3) is 4.30. The van der Waals surface area contributed by atoms with E-state index < -0.39 is 9.84 Å². The summed E-state index contributed by atoms with van der Waals surface area (Å²) in [7, 11) is -3.01. The fourth-order valence-corrected chi connectivity index (χ4v) is 3.35. The Morgan fingerprint density at radius 3 is 2.57 bits per heavy atom. The summed E-state index contributed by atoms with van der Waals surface area (Å²) in [6, 6.07) is 0.719. The predicted molar refractivity (Wildman–Crippen MR) is 85.4 cm³/mol. The number of nitrogens with one attached hydrogen (secondary N) is 1. The molecule has 0 unspecified atom stereocenters. The van der Waals surface area contributed by atoms with Crippen molar-refractivity contribution < 1.29 is 8.42 Å². The van der Waals surface area contributed by atoms with Crippen LogP contribution >= 0.6 is 0 Å². The lowest BCUT2D eigenvalue weighted by atomic mass is 10.1. The minimum atomic E-state index is -3.01. The molecule has 0 radical (unpaired) electrons. The van der Waals surface area contributed by atoms with Crippen molar-refractivity contribution in [3.8, 4) is 0 Å². The molecule has 1 aliphatic rings. The molecule has 0 amide bonds. The molecule has 0 atom stereocenters. The zero-order chi connectivity index (χ0) is 15.6. The number of aromatic nitrogens is 2. The molecule has 5 nitrogen and oxygen atoms in total. The summed E-state index contributed by atoms with van der Waals surface area (Å²) in [6.07, 6.45) is 3.56. The topological polar surface area (TPSA) is 64.0 Å². The van der Waals surface area contributed by atoms with Gasteiger partial charge in [0, 0.05) is 11.7 Å². The molecule has 1 heterocycles. The summed E-state index contributed by atoms with van der Waals surface area (Å²) < 4.78 is 25.7. The van der Waals surface area contributed by atoms with E-state index in [-0.39, 0.29) is 11.0 Å². The molecule has 6 heteroatoms. The third-order valence-corrected chi connectivity index (χ3v) is 6.41. The van der Waals surface area contributed by atoms with Gasteiger partial charge in [0.2, 0.25) is 0 Å². The predicted octanol–water partition coefficient (Wildman–Crippen LogP) is 1.62. The number of sulfone groups is 1. The fraction of sp³-hybridized carbons (Fsp3) is 0.800. The Morgan fingerprint density at radius 2 is 2.00 bits per heavy atom. The minimum Gasteiger partial charge on any atom is -0.314 e. The number of nitrogens with zero attached hydrogens (tertiary/aromatic N) is 2. The van der Waals surface area contributed by atoms with Crippen molar-refractivity contribution in [3.63, 3.8) is 0 Å². The van der Waals surface area contributed by atoms with Crippen molar-refractivity contribution in [3.05, 3.63) is 17.0 Å². The van der Waals surface area contributed by atoms with Crippen LogP contribution in [0.1, 0.15) is 43.6 Å². The maximum absolute atomic E-state index is 11.9. The van der Waals surface area contributed by atoms with E-state index in [1.165, 1.54) is 18.4 Å². The quantitative estimate of drug-likeness (QED) is 0.792. The smallest absolute Gasteiger partial charge is 0.154 e. The Kier molecular flexibility index (Phi) is 5.09. The fourth-order valence-electron chi connectivity index (χ4n) is 2.45. The van der Waals surface area contributed by atoms with Gasteiger partial charge in [-0.1, -0.05) is 0 Å². The monoisotopic (exact) mass is 313 g/mol.